The lowest BCUT2D eigenvalue weighted by Crippen LogP contribution is -2.37. The van der Waals surface area contributed by atoms with Crippen molar-refractivity contribution in [3.63, 3.8) is 0 Å². The average Bonchev–Trinajstić information content (AvgIpc) is 2.39. The monoisotopic (exact) mass is 212 g/mol. The summed E-state index contributed by atoms with van der Waals surface area (Å²) in [5.74, 6) is 0. The second-order valence-corrected chi connectivity index (χ2v) is 4.09. The highest BCUT2D eigenvalue weighted by Gasteiger charge is 2.13. The molecule has 1 nitrogen and oxygen atoms in total. The van der Waals surface area contributed by atoms with Crippen molar-refractivity contribution in [3.8, 4) is 0 Å². The molecule has 1 unspecified atom stereocenters. The Bertz CT molecular complexity index is 431. The van der Waals surface area contributed by atoms with Gasteiger partial charge in [0.2, 0.25) is 0 Å². The summed E-state index contributed by atoms with van der Waals surface area (Å²) in [4.78, 5) is 0. The van der Waals surface area contributed by atoms with Gasteiger partial charge in [-0.05, 0) is 12.0 Å². The zero-order valence-corrected chi connectivity index (χ0v) is 9.93. The molecule has 16 heavy (non-hydrogen) atoms. The smallest absolute Gasteiger partial charge is 0.180 e. The standard InChI is InChI=1S/C15H18N/c1-3-14-9-11-16(12-10-14)13(2)15-7-5-4-6-8-15/h4-13H,3H2,1-2H3/q+1. The van der Waals surface area contributed by atoms with Crippen LogP contribution in [0.2, 0.25) is 0 Å². The van der Waals surface area contributed by atoms with Gasteiger partial charge in [0, 0.05) is 24.6 Å². The summed E-state index contributed by atoms with van der Waals surface area (Å²) in [5.41, 5.74) is 2.73. The van der Waals surface area contributed by atoms with E-state index in [1.807, 2.05) is 0 Å². The molecule has 0 bridgehead atoms. The Morgan fingerprint density at radius 1 is 1.00 bits per heavy atom. The van der Waals surface area contributed by atoms with Crippen LogP contribution in [-0.4, -0.2) is 0 Å². The first kappa shape index (κ1) is 10.9. The molecule has 1 aromatic carbocycles. The van der Waals surface area contributed by atoms with E-state index in [1.54, 1.807) is 0 Å². The molecule has 82 valence electrons. The predicted molar refractivity (Wildman–Crippen MR) is 66.3 cm³/mol. The van der Waals surface area contributed by atoms with E-state index in [-0.39, 0.29) is 0 Å². The minimum absolute atomic E-state index is 0.395. The van der Waals surface area contributed by atoms with E-state index in [9.17, 15) is 0 Å². The van der Waals surface area contributed by atoms with E-state index in [0.717, 1.165) is 6.42 Å². The topological polar surface area (TPSA) is 3.88 Å². The lowest BCUT2D eigenvalue weighted by molar-refractivity contribution is -0.710. The highest BCUT2D eigenvalue weighted by atomic mass is 15.0. The van der Waals surface area contributed by atoms with Crippen LogP contribution in [0.25, 0.3) is 0 Å². The number of rotatable bonds is 3. The predicted octanol–water partition coefficient (Wildman–Crippen LogP) is 3.15. The molecule has 0 aliphatic carbocycles. The van der Waals surface area contributed by atoms with E-state index >= 15 is 0 Å². The fraction of sp³-hybridized carbons (Fsp3) is 0.267. The summed E-state index contributed by atoms with van der Waals surface area (Å²) in [5, 5.41) is 0. The number of hydrogen-bond donors (Lipinski definition) is 0. The van der Waals surface area contributed by atoms with Crippen LogP contribution in [0.3, 0.4) is 0 Å². The van der Waals surface area contributed by atoms with Crippen molar-refractivity contribution in [2.75, 3.05) is 0 Å². The normalized spacial score (nSPS) is 12.4. The molecule has 0 aliphatic rings. The molecule has 1 heteroatoms. The molecule has 0 fully saturated rings. The zero-order valence-electron chi connectivity index (χ0n) is 9.93. The van der Waals surface area contributed by atoms with Crippen LogP contribution in [0.15, 0.2) is 54.9 Å². The van der Waals surface area contributed by atoms with E-state index in [4.69, 9.17) is 0 Å². The van der Waals surface area contributed by atoms with Crippen LogP contribution in [0.1, 0.15) is 31.0 Å². The van der Waals surface area contributed by atoms with Gasteiger partial charge in [0.1, 0.15) is 0 Å². The first-order valence-electron chi connectivity index (χ1n) is 5.86. The van der Waals surface area contributed by atoms with Gasteiger partial charge < -0.3 is 0 Å². The molecule has 0 spiro atoms. The van der Waals surface area contributed by atoms with Crippen molar-refractivity contribution in [3.05, 3.63) is 66.0 Å². The maximum absolute atomic E-state index is 2.24. The number of aryl methyl sites for hydroxylation is 1. The molecule has 1 atom stereocenters. The number of benzene rings is 1. The average molecular weight is 212 g/mol. The third-order valence-electron chi connectivity index (χ3n) is 3.06. The minimum atomic E-state index is 0.395. The number of nitrogens with zero attached hydrogens (tertiary/aromatic N) is 1. The molecular formula is C15H18N+. The number of hydrogen-bond acceptors (Lipinski definition) is 0. The highest BCUT2D eigenvalue weighted by Crippen LogP contribution is 2.10. The summed E-state index contributed by atoms with van der Waals surface area (Å²) in [7, 11) is 0. The Morgan fingerprint density at radius 3 is 2.19 bits per heavy atom. The highest BCUT2D eigenvalue weighted by molar-refractivity contribution is 5.16. The third-order valence-corrected chi connectivity index (χ3v) is 3.06. The quantitative estimate of drug-likeness (QED) is 0.688. The largest absolute Gasteiger partial charge is 0.198 e. The first-order valence-corrected chi connectivity index (χ1v) is 5.86. The van der Waals surface area contributed by atoms with Crippen molar-refractivity contribution in [1.82, 2.24) is 0 Å². The summed E-state index contributed by atoms with van der Waals surface area (Å²) in [6, 6.07) is 15.4. The molecule has 0 N–H and O–H groups in total. The van der Waals surface area contributed by atoms with Gasteiger partial charge in [-0.3, -0.25) is 0 Å². The second kappa shape index (κ2) is 4.93. The van der Waals surface area contributed by atoms with Gasteiger partial charge in [0.15, 0.2) is 18.4 Å². The van der Waals surface area contributed by atoms with Gasteiger partial charge in [-0.1, -0.05) is 37.3 Å². The van der Waals surface area contributed by atoms with Crippen LogP contribution >= 0.6 is 0 Å². The Balaban J connectivity index is 2.24. The number of pyridine rings is 1. The molecule has 0 aliphatic heterocycles. The van der Waals surface area contributed by atoms with Gasteiger partial charge >= 0.3 is 0 Å². The summed E-state index contributed by atoms with van der Waals surface area (Å²) in [6.45, 7) is 4.40. The molecule has 1 aromatic heterocycles. The van der Waals surface area contributed by atoms with E-state index < -0.39 is 0 Å². The molecular weight excluding hydrogens is 194 g/mol. The fourth-order valence-corrected chi connectivity index (χ4v) is 1.87. The summed E-state index contributed by atoms with van der Waals surface area (Å²) < 4.78 is 2.24. The molecule has 0 amide bonds. The van der Waals surface area contributed by atoms with Gasteiger partial charge in [-0.15, -0.1) is 0 Å². The Hall–Kier alpha value is -1.63. The molecule has 0 radical (unpaired) electrons. The van der Waals surface area contributed by atoms with Crippen LogP contribution in [0, 0.1) is 0 Å². The van der Waals surface area contributed by atoms with Gasteiger partial charge in [-0.25, -0.2) is 0 Å². The van der Waals surface area contributed by atoms with E-state index in [0.29, 0.717) is 6.04 Å². The van der Waals surface area contributed by atoms with Gasteiger partial charge in [0.25, 0.3) is 0 Å². The van der Waals surface area contributed by atoms with Crippen LogP contribution < -0.4 is 4.57 Å². The molecule has 1 heterocycles. The molecule has 2 rings (SSSR count). The maximum atomic E-state index is 2.24. The number of aromatic nitrogens is 1. The van der Waals surface area contributed by atoms with Crippen LogP contribution in [0.5, 0.6) is 0 Å². The zero-order chi connectivity index (χ0) is 11.4. The van der Waals surface area contributed by atoms with Crippen molar-refractivity contribution in [2.24, 2.45) is 0 Å². The molecule has 2 aromatic rings. The van der Waals surface area contributed by atoms with Crippen LogP contribution in [-0.2, 0) is 6.42 Å². The molecule has 0 saturated carbocycles. The Labute approximate surface area is 97.4 Å². The lowest BCUT2D eigenvalue weighted by Gasteiger charge is -2.07. The third kappa shape index (κ3) is 2.30. The maximum Gasteiger partial charge on any atom is 0.180 e. The fourth-order valence-electron chi connectivity index (χ4n) is 1.87. The Kier molecular flexibility index (Phi) is 3.35. The van der Waals surface area contributed by atoms with E-state index in [2.05, 4.69) is 73.3 Å². The van der Waals surface area contributed by atoms with Crippen molar-refractivity contribution in [1.29, 1.82) is 0 Å². The van der Waals surface area contributed by atoms with E-state index in [1.165, 1.54) is 11.1 Å². The second-order valence-electron chi connectivity index (χ2n) is 4.09. The van der Waals surface area contributed by atoms with Crippen molar-refractivity contribution >= 4 is 0 Å². The van der Waals surface area contributed by atoms with Gasteiger partial charge in [-0.2, -0.15) is 4.57 Å². The van der Waals surface area contributed by atoms with Crippen molar-refractivity contribution < 1.29 is 4.57 Å². The van der Waals surface area contributed by atoms with Crippen LogP contribution in [0.4, 0.5) is 0 Å². The first-order chi connectivity index (χ1) is 7.81. The minimum Gasteiger partial charge on any atom is -0.198 e. The van der Waals surface area contributed by atoms with Gasteiger partial charge in [0.05, 0.1) is 0 Å². The summed E-state index contributed by atoms with van der Waals surface area (Å²) in [6.07, 6.45) is 5.42. The lowest BCUT2D eigenvalue weighted by atomic mass is 10.1. The van der Waals surface area contributed by atoms with Crippen molar-refractivity contribution in [2.45, 2.75) is 26.3 Å². The SMILES string of the molecule is CCc1cc[n+](C(C)c2ccccc2)cc1. The Morgan fingerprint density at radius 2 is 1.62 bits per heavy atom. The molecule has 0 saturated heterocycles. The summed E-state index contributed by atoms with van der Waals surface area (Å²) >= 11 is 0.